The number of alkyl halides is 2. The number of thiophene rings is 1. The van der Waals surface area contributed by atoms with Crippen LogP contribution in [-0.4, -0.2) is 16.8 Å². The van der Waals surface area contributed by atoms with Gasteiger partial charge in [0.15, 0.2) is 5.76 Å². The first-order chi connectivity index (χ1) is 19.2. The molecule has 3 N–H and O–H groups in total. The van der Waals surface area contributed by atoms with E-state index in [1.54, 1.807) is 18.2 Å². The van der Waals surface area contributed by atoms with E-state index in [0.29, 0.717) is 17.4 Å². The number of carbonyl (C=O) groups is 2. The van der Waals surface area contributed by atoms with Gasteiger partial charge in [-0.05, 0) is 60.4 Å². The van der Waals surface area contributed by atoms with Gasteiger partial charge in [-0.15, -0.1) is 11.3 Å². The average Bonchev–Trinajstić information content (AvgIpc) is 3.72. The second-order valence-corrected chi connectivity index (χ2v) is 10.1. The molecule has 0 spiro atoms. The number of primary amides is 1. The first kappa shape index (κ1) is 27.1. The number of hydrogen-bond acceptors (Lipinski definition) is 7. The second-order valence-electron chi connectivity index (χ2n) is 9.11. The lowest BCUT2D eigenvalue weighted by molar-refractivity contribution is 0.0992. The molecule has 11 heteroatoms. The molecule has 2 amide bonds. The van der Waals surface area contributed by atoms with Crippen LogP contribution in [0.4, 0.5) is 14.5 Å². The van der Waals surface area contributed by atoms with Crippen molar-refractivity contribution in [3.05, 3.63) is 88.5 Å². The van der Waals surface area contributed by atoms with Gasteiger partial charge in [-0.2, -0.15) is 0 Å². The molecular weight excluding hydrogens is 540 g/mol. The van der Waals surface area contributed by atoms with Crippen molar-refractivity contribution in [2.45, 2.75) is 39.2 Å². The molecule has 5 aromatic rings. The van der Waals surface area contributed by atoms with Crippen molar-refractivity contribution in [3.8, 4) is 17.1 Å². The Bertz CT molecular complexity index is 1660. The van der Waals surface area contributed by atoms with Gasteiger partial charge in [0, 0.05) is 10.9 Å². The third-order valence-corrected chi connectivity index (χ3v) is 7.58. The number of pyridine rings is 1. The Morgan fingerprint density at radius 1 is 1.15 bits per heavy atom. The largest absolute Gasteiger partial charge is 0.486 e. The van der Waals surface area contributed by atoms with Crippen molar-refractivity contribution in [2.24, 2.45) is 5.73 Å². The summed E-state index contributed by atoms with van der Waals surface area (Å²) in [5.74, 6) is 0.204. The fraction of sp³-hybridized carbons (Fsp3) is 0.207. The molecule has 0 radical (unpaired) electrons. The molecule has 0 aliphatic rings. The zero-order chi connectivity index (χ0) is 28.4. The Labute approximate surface area is 231 Å². The van der Waals surface area contributed by atoms with Gasteiger partial charge in [-0.3, -0.25) is 9.59 Å². The highest BCUT2D eigenvalue weighted by atomic mass is 32.1. The maximum Gasteiger partial charge on any atom is 0.291 e. The number of nitrogens with one attached hydrogen (secondary N) is 1. The van der Waals surface area contributed by atoms with Crippen LogP contribution in [0.5, 0.6) is 5.75 Å². The molecule has 0 fully saturated rings. The zero-order valence-corrected chi connectivity index (χ0v) is 22.4. The maximum absolute atomic E-state index is 13.6. The quantitative estimate of drug-likeness (QED) is 0.181. The summed E-state index contributed by atoms with van der Waals surface area (Å²) in [6.07, 6.45) is -0.441. The standard InChI is InChI=1S/C29H25F2N3O5S/c1-3-15(2)16-6-8-17(9-7-16)38-14-18-10-11-22(39-18)28(36)34-24-23-19(21-5-4-12-37-21)13-20(26(30)31)33-29(23)40-25(24)27(32)35/h4-13,15,26H,3,14H2,1-2H3,(H2,32,35)(H,34,36). The normalized spacial score (nSPS) is 12.1. The summed E-state index contributed by atoms with van der Waals surface area (Å²) in [6, 6.07) is 15.2. The van der Waals surface area contributed by atoms with Gasteiger partial charge >= 0.3 is 0 Å². The van der Waals surface area contributed by atoms with E-state index in [9.17, 15) is 18.4 Å². The summed E-state index contributed by atoms with van der Waals surface area (Å²) >= 11 is 0.801. The van der Waals surface area contributed by atoms with E-state index in [-0.39, 0.29) is 44.5 Å². The fourth-order valence-electron chi connectivity index (χ4n) is 4.18. The zero-order valence-electron chi connectivity index (χ0n) is 21.6. The summed E-state index contributed by atoms with van der Waals surface area (Å²) in [4.78, 5) is 29.5. The predicted molar refractivity (Wildman–Crippen MR) is 147 cm³/mol. The number of hydrogen-bond donors (Lipinski definition) is 2. The minimum absolute atomic E-state index is 0.0350. The van der Waals surface area contributed by atoms with Crippen molar-refractivity contribution in [2.75, 3.05) is 5.32 Å². The topological polar surface area (TPSA) is 121 Å². The Kier molecular flexibility index (Phi) is 7.65. The molecule has 1 aromatic carbocycles. The third-order valence-electron chi connectivity index (χ3n) is 6.48. The molecule has 0 bridgehead atoms. The molecule has 4 aromatic heterocycles. The molecule has 0 aliphatic heterocycles. The highest BCUT2D eigenvalue weighted by Crippen LogP contribution is 2.42. The number of amides is 2. The number of nitrogens with zero attached hydrogens (tertiary/aromatic N) is 1. The predicted octanol–water partition coefficient (Wildman–Crippen LogP) is 7.53. The van der Waals surface area contributed by atoms with Gasteiger partial charge in [0.1, 0.15) is 39.3 Å². The molecule has 4 heterocycles. The molecule has 1 atom stereocenters. The third kappa shape index (κ3) is 5.46. The number of aromatic nitrogens is 1. The van der Waals surface area contributed by atoms with E-state index in [1.807, 2.05) is 24.3 Å². The molecule has 1 unspecified atom stereocenters. The summed E-state index contributed by atoms with van der Waals surface area (Å²) < 4.78 is 44.1. The lowest BCUT2D eigenvalue weighted by Gasteiger charge is -2.10. The van der Waals surface area contributed by atoms with E-state index in [0.717, 1.165) is 23.8 Å². The lowest BCUT2D eigenvalue weighted by Crippen LogP contribution is -2.16. The summed E-state index contributed by atoms with van der Waals surface area (Å²) in [6.45, 7) is 4.38. The number of fused-ring (bicyclic) bond motifs is 1. The smallest absolute Gasteiger partial charge is 0.291 e. The lowest BCUT2D eigenvalue weighted by atomic mass is 9.99. The van der Waals surface area contributed by atoms with Gasteiger partial charge in [-0.1, -0.05) is 26.0 Å². The molecule has 40 heavy (non-hydrogen) atoms. The average molecular weight is 566 g/mol. The van der Waals surface area contributed by atoms with Gasteiger partial charge < -0.3 is 24.6 Å². The maximum atomic E-state index is 13.6. The monoisotopic (exact) mass is 565 g/mol. The van der Waals surface area contributed by atoms with Crippen molar-refractivity contribution in [1.82, 2.24) is 4.98 Å². The van der Waals surface area contributed by atoms with Crippen molar-refractivity contribution < 1.29 is 31.9 Å². The molecule has 0 aliphatic carbocycles. The van der Waals surface area contributed by atoms with Crippen LogP contribution in [0.25, 0.3) is 21.5 Å². The minimum Gasteiger partial charge on any atom is -0.486 e. The van der Waals surface area contributed by atoms with E-state index >= 15 is 0 Å². The highest BCUT2D eigenvalue weighted by Gasteiger charge is 2.26. The Balaban J connectivity index is 1.40. The van der Waals surface area contributed by atoms with E-state index in [2.05, 4.69) is 24.1 Å². The van der Waals surface area contributed by atoms with Crippen LogP contribution in [0.3, 0.4) is 0 Å². The number of halogens is 2. The summed E-state index contributed by atoms with van der Waals surface area (Å²) in [5, 5.41) is 2.91. The number of carbonyl (C=O) groups excluding carboxylic acids is 2. The summed E-state index contributed by atoms with van der Waals surface area (Å²) in [5.41, 5.74) is 6.56. The van der Waals surface area contributed by atoms with E-state index in [4.69, 9.17) is 19.3 Å². The van der Waals surface area contributed by atoms with Crippen molar-refractivity contribution >= 4 is 39.1 Å². The first-order valence-electron chi connectivity index (χ1n) is 12.5. The van der Waals surface area contributed by atoms with Crippen LogP contribution in [-0.2, 0) is 6.61 Å². The number of rotatable bonds is 10. The summed E-state index contributed by atoms with van der Waals surface area (Å²) in [7, 11) is 0. The molecule has 8 nitrogen and oxygen atoms in total. The van der Waals surface area contributed by atoms with Crippen molar-refractivity contribution in [1.29, 1.82) is 0 Å². The minimum atomic E-state index is -2.86. The Morgan fingerprint density at radius 3 is 2.58 bits per heavy atom. The number of benzene rings is 1. The first-order valence-corrected chi connectivity index (χ1v) is 13.3. The van der Waals surface area contributed by atoms with Gasteiger partial charge in [0.05, 0.1) is 12.0 Å². The van der Waals surface area contributed by atoms with Crippen LogP contribution < -0.4 is 15.8 Å². The molecule has 0 saturated carbocycles. The van der Waals surface area contributed by atoms with Crippen LogP contribution >= 0.6 is 11.3 Å². The highest BCUT2D eigenvalue weighted by molar-refractivity contribution is 7.21. The number of anilines is 1. The van der Waals surface area contributed by atoms with Crippen LogP contribution in [0.15, 0.2) is 69.7 Å². The van der Waals surface area contributed by atoms with E-state index in [1.165, 1.54) is 17.9 Å². The number of furan rings is 2. The molecule has 206 valence electrons. The Morgan fingerprint density at radius 2 is 1.93 bits per heavy atom. The van der Waals surface area contributed by atoms with Crippen LogP contribution in [0.2, 0.25) is 0 Å². The molecule has 0 saturated heterocycles. The second kappa shape index (κ2) is 11.3. The van der Waals surface area contributed by atoms with Gasteiger partial charge in [-0.25, -0.2) is 13.8 Å². The number of nitrogens with two attached hydrogens (primary N) is 1. The van der Waals surface area contributed by atoms with Crippen LogP contribution in [0.1, 0.15) is 69.9 Å². The van der Waals surface area contributed by atoms with Gasteiger partial charge in [0.25, 0.3) is 18.2 Å². The Hall–Kier alpha value is -4.51. The SMILES string of the molecule is CCC(C)c1ccc(OCc2ccc(C(=O)Nc3c(C(N)=O)sc4nc(C(F)F)cc(-c5ccco5)c34)o2)cc1. The van der Waals surface area contributed by atoms with E-state index < -0.39 is 23.9 Å². The van der Waals surface area contributed by atoms with Crippen molar-refractivity contribution in [3.63, 3.8) is 0 Å². The van der Waals surface area contributed by atoms with Gasteiger partial charge in [0.2, 0.25) is 0 Å². The molecule has 5 rings (SSSR count). The fourth-order valence-corrected chi connectivity index (χ4v) is 5.20. The molecular formula is C29H25F2N3O5S. The van der Waals surface area contributed by atoms with Crippen LogP contribution in [0, 0.1) is 0 Å². The number of ether oxygens (including phenoxy) is 1.